The van der Waals surface area contributed by atoms with Gasteiger partial charge in [0.1, 0.15) is 23.3 Å². The van der Waals surface area contributed by atoms with Gasteiger partial charge in [-0.05, 0) is 73.4 Å². The van der Waals surface area contributed by atoms with Crippen LogP contribution in [0.2, 0.25) is 5.02 Å². The minimum Gasteiger partial charge on any atom is -0.506 e. The van der Waals surface area contributed by atoms with Crippen molar-refractivity contribution in [1.29, 1.82) is 5.26 Å². The zero-order valence-corrected chi connectivity index (χ0v) is 19.8. The molecule has 0 spiro atoms. The number of nitrogens with zero attached hydrogens (tertiary/aromatic N) is 4. The standard InChI is InChI=1S/C27H23ClFN5O/c1-15-8-17(10-19(28)9-15)25-26(34-6-4-21(31)5-7-34)23-12-16(2-3-24(23)32-33-25)22-13-20(29)11-18(14-30)27(22)35/h2-3,8-13,21,35H,4-7,31H2,1H3. The molecular weight excluding hydrogens is 465 g/mol. The first-order valence-electron chi connectivity index (χ1n) is 11.4. The summed E-state index contributed by atoms with van der Waals surface area (Å²) in [5, 5.41) is 30.4. The second-order valence-electron chi connectivity index (χ2n) is 8.93. The average molecular weight is 488 g/mol. The number of benzene rings is 3. The average Bonchev–Trinajstić information content (AvgIpc) is 2.84. The molecule has 6 nitrogen and oxygen atoms in total. The van der Waals surface area contributed by atoms with E-state index in [0.29, 0.717) is 21.8 Å². The van der Waals surface area contributed by atoms with Crippen molar-refractivity contribution in [3.05, 3.63) is 70.5 Å². The summed E-state index contributed by atoms with van der Waals surface area (Å²) in [6.07, 6.45) is 1.68. The van der Waals surface area contributed by atoms with Gasteiger partial charge >= 0.3 is 0 Å². The van der Waals surface area contributed by atoms with E-state index >= 15 is 0 Å². The minimum absolute atomic E-state index is 0.117. The Morgan fingerprint density at radius 3 is 2.57 bits per heavy atom. The fourth-order valence-corrected chi connectivity index (χ4v) is 4.96. The molecule has 0 amide bonds. The molecule has 0 radical (unpaired) electrons. The largest absolute Gasteiger partial charge is 0.506 e. The SMILES string of the molecule is Cc1cc(Cl)cc(-c2nnc3ccc(-c4cc(F)cc(C#N)c4O)cc3c2N2CCC(N)CC2)c1. The van der Waals surface area contributed by atoms with Crippen molar-refractivity contribution in [3.8, 4) is 34.2 Å². The van der Waals surface area contributed by atoms with Gasteiger partial charge in [-0.1, -0.05) is 17.7 Å². The highest BCUT2D eigenvalue weighted by atomic mass is 35.5. The van der Waals surface area contributed by atoms with Gasteiger partial charge in [0.05, 0.1) is 16.8 Å². The number of rotatable bonds is 3. The Morgan fingerprint density at radius 2 is 1.86 bits per heavy atom. The number of aryl methyl sites for hydroxylation is 1. The van der Waals surface area contributed by atoms with E-state index in [-0.39, 0.29) is 22.9 Å². The Bertz CT molecular complexity index is 1470. The number of halogens is 2. The van der Waals surface area contributed by atoms with Crippen LogP contribution in [0.25, 0.3) is 33.3 Å². The third-order valence-corrected chi connectivity index (χ3v) is 6.63. The Labute approximate surface area is 207 Å². The summed E-state index contributed by atoms with van der Waals surface area (Å²) in [5.74, 6) is -0.853. The summed E-state index contributed by atoms with van der Waals surface area (Å²) in [7, 11) is 0. The number of nitriles is 1. The van der Waals surface area contributed by atoms with E-state index in [1.165, 1.54) is 6.07 Å². The normalized spacial score (nSPS) is 14.3. The molecule has 1 aromatic heterocycles. The monoisotopic (exact) mass is 487 g/mol. The molecule has 0 aliphatic carbocycles. The minimum atomic E-state index is -0.595. The molecule has 1 aliphatic heterocycles. The number of nitrogens with two attached hydrogens (primary N) is 1. The van der Waals surface area contributed by atoms with E-state index in [0.717, 1.165) is 54.2 Å². The van der Waals surface area contributed by atoms with Crippen LogP contribution in [0.4, 0.5) is 10.1 Å². The molecule has 2 heterocycles. The van der Waals surface area contributed by atoms with Crippen molar-refractivity contribution >= 4 is 28.2 Å². The van der Waals surface area contributed by atoms with Crippen molar-refractivity contribution < 1.29 is 9.50 Å². The zero-order valence-electron chi connectivity index (χ0n) is 19.1. The van der Waals surface area contributed by atoms with Gasteiger partial charge in [-0.3, -0.25) is 0 Å². The number of anilines is 1. The van der Waals surface area contributed by atoms with E-state index in [1.807, 2.05) is 37.3 Å². The fraction of sp³-hybridized carbons (Fsp3) is 0.222. The van der Waals surface area contributed by atoms with Gasteiger partial charge in [0.25, 0.3) is 0 Å². The first-order chi connectivity index (χ1) is 16.8. The maximum atomic E-state index is 14.2. The van der Waals surface area contributed by atoms with Crippen LogP contribution in [-0.4, -0.2) is 34.4 Å². The van der Waals surface area contributed by atoms with E-state index in [9.17, 15) is 14.8 Å². The first kappa shape index (κ1) is 23.0. The van der Waals surface area contributed by atoms with Gasteiger partial charge in [0.15, 0.2) is 0 Å². The summed E-state index contributed by atoms with van der Waals surface area (Å²) in [4.78, 5) is 2.25. The number of fused-ring (bicyclic) bond motifs is 1. The van der Waals surface area contributed by atoms with Crippen molar-refractivity contribution in [2.75, 3.05) is 18.0 Å². The Balaban J connectivity index is 1.77. The Morgan fingerprint density at radius 1 is 1.09 bits per heavy atom. The highest BCUT2D eigenvalue weighted by Gasteiger charge is 2.24. The molecule has 8 heteroatoms. The molecule has 0 atom stereocenters. The predicted molar refractivity (Wildman–Crippen MR) is 136 cm³/mol. The van der Waals surface area contributed by atoms with Crippen LogP contribution in [0, 0.1) is 24.1 Å². The summed E-state index contributed by atoms with van der Waals surface area (Å²) < 4.78 is 14.2. The molecule has 1 aliphatic rings. The number of hydrogen-bond acceptors (Lipinski definition) is 6. The highest BCUT2D eigenvalue weighted by molar-refractivity contribution is 6.31. The maximum Gasteiger partial charge on any atom is 0.141 e. The van der Waals surface area contributed by atoms with E-state index in [4.69, 9.17) is 17.3 Å². The van der Waals surface area contributed by atoms with Crippen molar-refractivity contribution in [2.45, 2.75) is 25.8 Å². The van der Waals surface area contributed by atoms with Crippen molar-refractivity contribution in [3.63, 3.8) is 0 Å². The third kappa shape index (κ3) is 4.39. The van der Waals surface area contributed by atoms with Gasteiger partial charge in [-0.15, -0.1) is 10.2 Å². The molecule has 4 aromatic rings. The molecule has 176 valence electrons. The molecule has 3 aromatic carbocycles. The van der Waals surface area contributed by atoms with Gasteiger partial charge < -0.3 is 15.7 Å². The second kappa shape index (κ2) is 9.14. The van der Waals surface area contributed by atoms with Crippen LogP contribution in [0.3, 0.4) is 0 Å². The van der Waals surface area contributed by atoms with Crippen LogP contribution in [0.5, 0.6) is 5.75 Å². The molecule has 1 saturated heterocycles. The summed E-state index contributed by atoms with van der Waals surface area (Å²) in [5.41, 5.74) is 11.0. The van der Waals surface area contributed by atoms with Crippen LogP contribution < -0.4 is 10.6 Å². The summed E-state index contributed by atoms with van der Waals surface area (Å²) in [6.45, 7) is 3.48. The lowest BCUT2D eigenvalue weighted by atomic mass is 9.96. The smallest absolute Gasteiger partial charge is 0.141 e. The van der Waals surface area contributed by atoms with Gasteiger partial charge in [0.2, 0.25) is 0 Å². The Kier molecular flexibility index (Phi) is 6.01. The van der Waals surface area contributed by atoms with E-state index in [2.05, 4.69) is 15.1 Å². The molecular formula is C27H23ClFN5O. The fourth-order valence-electron chi connectivity index (χ4n) is 4.67. The summed E-state index contributed by atoms with van der Waals surface area (Å²) >= 11 is 6.37. The van der Waals surface area contributed by atoms with Crippen LogP contribution in [0.15, 0.2) is 48.5 Å². The molecule has 1 fully saturated rings. The van der Waals surface area contributed by atoms with Crippen LogP contribution in [0.1, 0.15) is 24.0 Å². The highest BCUT2D eigenvalue weighted by Crippen LogP contribution is 2.40. The van der Waals surface area contributed by atoms with Crippen LogP contribution in [-0.2, 0) is 0 Å². The lowest BCUT2D eigenvalue weighted by molar-refractivity contribution is 0.473. The van der Waals surface area contributed by atoms with Gasteiger partial charge in [-0.25, -0.2) is 4.39 Å². The zero-order chi connectivity index (χ0) is 24.7. The van der Waals surface area contributed by atoms with Gasteiger partial charge in [0, 0.05) is 40.7 Å². The molecule has 5 rings (SSSR count). The quantitative estimate of drug-likeness (QED) is 0.392. The molecule has 3 N–H and O–H groups in total. The number of piperidine rings is 1. The van der Waals surface area contributed by atoms with E-state index < -0.39 is 5.82 Å². The third-order valence-electron chi connectivity index (χ3n) is 6.41. The Hall–Kier alpha value is -3.73. The first-order valence-corrected chi connectivity index (χ1v) is 11.7. The number of phenols is 1. The number of aromatic hydroxyl groups is 1. The molecule has 0 unspecified atom stereocenters. The summed E-state index contributed by atoms with van der Waals surface area (Å²) in [6, 6.07) is 15.4. The lowest BCUT2D eigenvalue weighted by Gasteiger charge is -2.33. The predicted octanol–water partition coefficient (Wildman–Crippen LogP) is 5.57. The topological polar surface area (TPSA) is 99.1 Å². The number of aromatic nitrogens is 2. The lowest BCUT2D eigenvalue weighted by Crippen LogP contribution is -2.40. The molecule has 0 bridgehead atoms. The van der Waals surface area contributed by atoms with Crippen molar-refractivity contribution in [2.24, 2.45) is 5.73 Å². The molecule has 35 heavy (non-hydrogen) atoms. The number of phenolic OH excluding ortho intramolecular Hbond substituents is 1. The number of hydrogen-bond donors (Lipinski definition) is 2. The van der Waals surface area contributed by atoms with E-state index in [1.54, 1.807) is 12.1 Å². The van der Waals surface area contributed by atoms with Crippen LogP contribution >= 0.6 is 11.6 Å². The maximum absolute atomic E-state index is 14.2. The van der Waals surface area contributed by atoms with Crippen molar-refractivity contribution in [1.82, 2.24) is 10.2 Å². The molecule has 0 saturated carbocycles. The second-order valence-corrected chi connectivity index (χ2v) is 9.37. The van der Waals surface area contributed by atoms with Gasteiger partial charge in [-0.2, -0.15) is 5.26 Å².